The van der Waals surface area contributed by atoms with E-state index in [-0.39, 0.29) is 6.04 Å². The maximum absolute atomic E-state index is 9.07. The van der Waals surface area contributed by atoms with Crippen LogP contribution < -0.4 is 5.32 Å². The maximum atomic E-state index is 9.07. The highest BCUT2D eigenvalue weighted by molar-refractivity contribution is 5.20. The summed E-state index contributed by atoms with van der Waals surface area (Å²) in [5.41, 5.74) is 1.20. The Morgan fingerprint density at radius 3 is 2.35 bits per heavy atom. The van der Waals surface area contributed by atoms with Gasteiger partial charge in [0.1, 0.15) is 0 Å². The van der Waals surface area contributed by atoms with Crippen molar-refractivity contribution in [1.29, 1.82) is 5.26 Å². The molecule has 1 aromatic rings. The Labute approximate surface area is 123 Å². The van der Waals surface area contributed by atoms with E-state index in [2.05, 4.69) is 56.4 Å². The number of rotatable bonds is 8. The monoisotopic (exact) mass is 273 g/mol. The van der Waals surface area contributed by atoms with Crippen molar-refractivity contribution in [1.82, 2.24) is 10.2 Å². The van der Waals surface area contributed by atoms with Crippen molar-refractivity contribution < 1.29 is 0 Å². The minimum atomic E-state index is 0.116. The predicted molar refractivity (Wildman–Crippen MR) is 84.3 cm³/mol. The fourth-order valence-electron chi connectivity index (χ4n) is 2.54. The molecule has 1 N–H and O–H groups in total. The molecule has 0 spiro atoms. The molecule has 0 heterocycles. The van der Waals surface area contributed by atoms with Gasteiger partial charge in [-0.15, -0.1) is 0 Å². The van der Waals surface area contributed by atoms with E-state index in [0.29, 0.717) is 18.4 Å². The van der Waals surface area contributed by atoms with Crippen LogP contribution in [0.25, 0.3) is 0 Å². The zero-order valence-corrected chi connectivity index (χ0v) is 13.1. The first kappa shape index (κ1) is 16.7. The molecule has 0 fully saturated rings. The highest BCUT2D eigenvalue weighted by atomic mass is 15.1. The minimum Gasteiger partial charge on any atom is -0.308 e. The van der Waals surface area contributed by atoms with Gasteiger partial charge in [-0.2, -0.15) is 5.26 Å². The summed E-state index contributed by atoms with van der Waals surface area (Å²) in [6.45, 7) is 5.48. The van der Waals surface area contributed by atoms with Gasteiger partial charge in [0, 0.05) is 18.6 Å². The van der Waals surface area contributed by atoms with Crippen LogP contribution in [0, 0.1) is 17.2 Å². The molecule has 0 aromatic heterocycles. The van der Waals surface area contributed by atoms with E-state index in [1.165, 1.54) is 5.56 Å². The number of likely N-dealkylation sites (N-methyl/N-ethyl adjacent to an activating group) is 1. The Hall–Kier alpha value is -1.37. The molecule has 0 aliphatic rings. The molecule has 1 aromatic carbocycles. The lowest BCUT2D eigenvalue weighted by Gasteiger charge is -2.28. The molecule has 1 rings (SSSR count). The molecule has 0 amide bonds. The SMILES string of the molecule is CC(C)CC(CN(C)C)NC(CC#N)c1ccccc1. The first-order chi connectivity index (χ1) is 9.52. The van der Waals surface area contributed by atoms with E-state index >= 15 is 0 Å². The smallest absolute Gasteiger partial charge is 0.0641 e. The Morgan fingerprint density at radius 1 is 1.20 bits per heavy atom. The molecule has 110 valence electrons. The zero-order chi connectivity index (χ0) is 15.0. The normalized spacial score (nSPS) is 14.2. The number of hydrogen-bond acceptors (Lipinski definition) is 3. The van der Waals surface area contributed by atoms with Crippen molar-refractivity contribution in [2.45, 2.75) is 38.8 Å². The van der Waals surface area contributed by atoms with Gasteiger partial charge in [-0.3, -0.25) is 0 Å². The standard InChI is InChI=1S/C17H27N3/c1-14(2)12-16(13-20(3)4)19-17(10-11-18)15-8-6-5-7-9-15/h5-9,14,16-17,19H,10,12-13H2,1-4H3. The number of benzene rings is 1. The summed E-state index contributed by atoms with van der Waals surface area (Å²) in [6.07, 6.45) is 1.62. The van der Waals surface area contributed by atoms with E-state index in [0.717, 1.165) is 13.0 Å². The van der Waals surface area contributed by atoms with Crippen molar-refractivity contribution in [3.05, 3.63) is 35.9 Å². The third-order valence-electron chi connectivity index (χ3n) is 3.28. The first-order valence-electron chi connectivity index (χ1n) is 7.35. The molecule has 2 unspecified atom stereocenters. The van der Waals surface area contributed by atoms with E-state index in [1.54, 1.807) is 0 Å². The second kappa shape index (κ2) is 8.73. The molecule has 0 bridgehead atoms. The molecule has 3 heteroatoms. The Balaban J connectivity index is 2.77. The third kappa shape index (κ3) is 6.18. The molecular weight excluding hydrogens is 246 g/mol. The van der Waals surface area contributed by atoms with E-state index in [4.69, 9.17) is 5.26 Å². The second-order valence-electron chi connectivity index (χ2n) is 6.08. The van der Waals surface area contributed by atoms with Gasteiger partial charge in [0.15, 0.2) is 0 Å². The fraction of sp³-hybridized carbons (Fsp3) is 0.588. The Kier molecular flexibility index (Phi) is 7.28. The van der Waals surface area contributed by atoms with Crippen LogP contribution in [0.15, 0.2) is 30.3 Å². The number of nitrogens with one attached hydrogen (secondary N) is 1. The molecular formula is C17H27N3. The van der Waals surface area contributed by atoms with Gasteiger partial charge in [-0.1, -0.05) is 44.2 Å². The van der Waals surface area contributed by atoms with Crippen molar-refractivity contribution >= 4 is 0 Å². The fourth-order valence-corrected chi connectivity index (χ4v) is 2.54. The topological polar surface area (TPSA) is 39.1 Å². The number of nitriles is 1. The van der Waals surface area contributed by atoms with Crippen LogP contribution >= 0.6 is 0 Å². The van der Waals surface area contributed by atoms with E-state index in [9.17, 15) is 0 Å². The average molecular weight is 273 g/mol. The van der Waals surface area contributed by atoms with Gasteiger partial charge < -0.3 is 10.2 Å². The second-order valence-corrected chi connectivity index (χ2v) is 6.08. The molecule has 3 nitrogen and oxygen atoms in total. The van der Waals surface area contributed by atoms with Crippen LogP contribution in [0.5, 0.6) is 0 Å². The van der Waals surface area contributed by atoms with Crippen molar-refractivity contribution in [3.63, 3.8) is 0 Å². The summed E-state index contributed by atoms with van der Waals surface area (Å²) in [5.74, 6) is 0.644. The van der Waals surface area contributed by atoms with Crippen LogP contribution in [0.3, 0.4) is 0 Å². The third-order valence-corrected chi connectivity index (χ3v) is 3.28. The molecule has 2 atom stereocenters. The summed E-state index contributed by atoms with van der Waals surface area (Å²) < 4.78 is 0. The van der Waals surface area contributed by atoms with Gasteiger partial charge >= 0.3 is 0 Å². The molecule has 0 saturated carbocycles. The predicted octanol–water partition coefficient (Wildman–Crippen LogP) is 3.21. The largest absolute Gasteiger partial charge is 0.308 e. The summed E-state index contributed by atoms with van der Waals surface area (Å²) in [4.78, 5) is 2.20. The summed E-state index contributed by atoms with van der Waals surface area (Å²) in [5, 5.41) is 12.7. The van der Waals surface area contributed by atoms with Crippen LogP contribution in [0.4, 0.5) is 0 Å². The summed E-state index contributed by atoms with van der Waals surface area (Å²) in [7, 11) is 4.19. The molecule has 0 radical (unpaired) electrons. The van der Waals surface area contributed by atoms with E-state index < -0.39 is 0 Å². The Bertz CT molecular complexity index is 396. The highest BCUT2D eigenvalue weighted by Crippen LogP contribution is 2.18. The van der Waals surface area contributed by atoms with Crippen molar-refractivity contribution in [3.8, 4) is 6.07 Å². The lowest BCUT2D eigenvalue weighted by molar-refractivity contribution is 0.287. The van der Waals surface area contributed by atoms with Gasteiger partial charge in [0.2, 0.25) is 0 Å². The minimum absolute atomic E-state index is 0.116. The maximum Gasteiger partial charge on any atom is 0.0641 e. The Morgan fingerprint density at radius 2 is 1.85 bits per heavy atom. The van der Waals surface area contributed by atoms with Gasteiger partial charge in [-0.05, 0) is 32.0 Å². The molecule has 0 aliphatic carbocycles. The van der Waals surface area contributed by atoms with Crippen LogP contribution in [-0.4, -0.2) is 31.6 Å². The number of hydrogen-bond donors (Lipinski definition) is 1. The zero-order valence-electron chi connectivity index (χ0n) is 13.1. The lowest BCUT2D eigenvalue weighted by atomic mass is 9.99. The summed E-state index contributed by atoms with van der Waals surface area (Å²) in [6, 6.07) is 13.1. The first-order valence-corrected chi connectivity index (χ1v) is 7.35. The molecule has 0 aliphatic heterocycles. The lowest BCUT2D eigenvalue weighted by Crippen LogP contribution is -2.41. The number of nitrogens with zero attached hydrogens (tertiary/aromatic N) is 2. The summed E-state index contributed by atoms with van der Waals surface area (Å²) >= 11 is 0. The van der Waals surface area contributed by atoms with Gasteiger partial charge in [0.25, 0.3) is 0 Å². The highest BCUT2D eigenvalue weighted by Gasteiger charge is 2.18. The van der Waals surface area contributed by atoms with Crippen molar-refractivity contribution in [2.75, 3.05) is 20.6 Å². The van der Waals surface area contributed by atoms with Crippen LogP contribution in [-0.2, 0) is 0 Å². The van der Waals surface area contributed by atoms with Crippen molar-refractivity contribution in [2.24, 2.45) is 5.92 Å². The quantitative estimate of drug-likeness (QED) is 0.790. The average Bonchev–Trinajstić information content (AvgIpc) is 2.37. The van der Waals surface area contributed by atoms with Crippen LogP contribution in [0.2, 0.25) is 0 Å². The van der Waals surface area contributed by atoms with Crippen LogP contribution in [0.1, 0.15) is 38.3 Å². The van der Waals surface area contributed by atoms with Gasteiger partial charge in [-0.25, -0.2) is 0 Å². The molecule has 0 saturated heterocycles. The van der Waals surface area contributed by atoms with Gasteiger partial charge in [0.05, 0.1) is 12.5 Å². The van der Waals surface area contributed by atoms with E-state index in [1.807, 2.05) is 18.2 Å². The molecule has 20 heavy (non-hydrogen) atoms.